The number of carboxylic acids is 1. The van der Waals surface area contributed by atoms with Crippen LogP contribution in [-0.4, -0.2) is 61.5 Å². The SMILES string of the molecule is CC(C)C(C)NC(=O)C1CSCN1C(=O)c1cnc(C(=O)O)cn1. The van der Waals surface area contributed by atoms with Crippen molar-refractivity contribution >= 4 is 29.5 Å². The van der Waals surface area contributed by atoms with Crippen LogP contribution >= 0.6 is 11.8 Å². The van der Waals surface area contributed by atoms with Crippen molar-refractivity contribution in [1.82, 2.24) is 20.2 Å². The van der Waals surface area contributed by atoms with Gasteiger partial charge >= 0.3 is 5.97 Å². The number of aromatic nitrogens is 2. The lowest BCUT2D eigenvalue weighted by molar-refractivity contribution is -0.125. The summed E-state index contributed by atoms with van der Waals surface area (Å²) in [5, 5.41) is 11.7. The minimum absolute atomic E-state index is 0.00898. The summed E-state index contributed by atoms with van der Waals surface area (Å²) >= 11 is 1.49. The molecule has 0 aliphatic carbocycles. The van der Waals surface area contributed by atoms with Gasteiger partial charge in [0.2, 0.25) is 5.91 Å². The third kappa shape index (κ3) is 4.02. The highest BCUT2D eigenvalue weighted by Gasteiger charge is 2.36. The summed E-state index contributed by atoms with van der Waals surface area (Å²) in [5.74, 6) is -0.635. The van der Waals surface area contributed by atoms with Gasteiger partial charge in [-0.25, -0.2) is 14.8 Å². The minimum Gasteiger partial charge on any atom is -0.476 e. The van der Waals surface area contributed by atoms with Crippen molar-refractivity contribution in [2.75, 3.05) is 11.6 Å². The molecule has 0 bridgehead atoms. The van der Waals surface area contributed by atoms with Gasteiger partial charge < -0.3 is 15.3 Å². The number of aromatic carboxylic acids is 1. The Morgan fingerprint density at radius 1 is 1.25 bits per heavy atom. The van der Waals surface area contributed by atoms with E-state index < -0.39 is 17.9 Å². The van der Waals surface area contributed by atoms with Crippen molar-refractivity contribution < 1.29 is 19.5 Å². The molecule has 130 valence electrons. The predicted octanol–water partition coefficient (Wildman–Crippen LogP) is 0.851. The zero-order chi connectivity index (χ0) is 17.9. The van der Waals surface area contributed by atoms with Gasteiger partial charge in [-0.2, -0.15) is 0 Å². The molecule has 2 atom stereocenters. The van der Waals surface area contributed by atoms with Crippen LogP contribution in [-0.2, 0) is 4.79 Å². The van der Waals surface area contributed by atoms with Crippen LogP contribution in [0.25, 0.3) is 0 Å². The summed E-state index contributed by atoms with van der Waals surface area (Å²) < 4.78 is 0. The van der Waals surface area contributed by atoms with Crippen LogP contribution in [0.1, 0.15) is 41.7 Å². The van der Waals surface area contributed by atoms with E-state index in [4.69, 9.17) is 5.11 Å². The summed E-state index contributed by atoms with van der Waals surface area (Å²) in [4.78, 5) is 44.7. The first kappa shape index (κ1) is 18.2. The Labute approximate surface area is 144 Å². The Morgan fingerprint density at radius 2 is 1.88 bits per heavy atom. The van der Waals surface area contributed by atoms with Crippen molar-refractivity contribution in [3.8, 4) is 0 Å². The largest absolute Gasteiger partial charge is 0.476 e. The summed E-state index contributed by atoms with van der Waals surface area (Å²) in [6.45, 7) is 5.95. The maximum atomic E-state index is 12.5. The van der Waals surface area contributed by atoms with Crippen LogP contribution in [0.2, 0.25) is 0 Å². The summed E-state index contributed by atoms with van der Waals surface area (Å²) in [7, 11) is 0. The Morgan fingerprint density at radius 3 is 2.42 bits per heavy atom. The fraction of sp³-hybridized carbons (Fsp3) is 0.533. The van der Waals surface area contributed by atoms with Crippen molar-refractivity contribution in [2.24, 2.45) is 5.92 Å². The first-order valence-electron chi connectivity index (χ1n) is 7.55. The Bertz CT molecular complexity index is 635. The van der Waals surface area contributed by atoms with Gasteiger partial charge in [-0.3, -0.25) is 9.59 Å². The van der Waals surface area contributed by atoms with Crippen LogP contribution < -0.4 is 5.32 Å². The normalized spacial score (nSPS) is 18.5. The molecular weight excluding hydrogens is 332 g/mol. The topological polar surface area (TPSA) is 112 Å². The third-order valence-corrected chi connectivity index (χ3v) is 4.92. The number of hydrogen-bond acceptors (Lipinski definition) is 6. The quantitative estimate of drug-likeness (QED) is 0.808. The van der Waals surface area contributed by atoms with E-state index in [1.807, 2.05) is 20.8 Å². The highest BCUT2D eigenvalue weighted by atomic mass is 32.2. The van der Waals surface area contributed by atoms with E-state index in [9.17, 15) is 14.4 Å². The second kappa shape index (κ2) is 7.61. The lowest BCUT2D eigenvalue weighted by Gasteiger charge is -2.25. The number of nitrogens with one attached hydrogen (secondary N) is 1. The number of thioether (sulfide) groups is 1. The van der Waals surface area contributed by atoms with Gasteiger partial charge in [0.25, 0.3) is 5.91 Å². The second-order valence-electron chi connectivity index (χ2n) is 5.92. The van der Waals surface area contributed by atoms with E-state index in [1.165, 1.54) is 16.7 Å². The molecule has 1 saturated heterocycles. The summed E-state index contributed by atoms with van der Waals surface area (Å²) in [5.41, 5.74) is -0.209. The molecule has 0 spiro atoms. The maximum absolute atomic E-state index is 12.5. The zero-order valence-electron chi connectivity index (χ0n) is 13.7. The number of carbonyl (C=O) groups excluding carboxylic acids is 2. The van der Waals surface area contributed by atoms with Crippen molar-refractivity contribution in [3.05, 3.63) is 23.8 Å². The third-order valence-electron chi connectivity index (χ3n) is 3.91. The van der Waals surface area contributed by atoms with Gasteiger partial charge in [0.1, 0.15) is 11.7 Å². The van der Waals surface area contributed by atoms with E-state index in [0.717, 1.165) is 12.4 Å². The van der Waals surface area contributed by atoms with Crippen LogP contribution in [0, 0.1) is 5.92 Å². The highest BCUT2D eigenvalue weighted by Crippen LogP contribution is 2.23. The molecule has 1 aliphatic heterocycles. The molecule has 2 unspecified atom stereocenters. The van der Waals surface area contributed by atoms with E-state index in [-0.39, 0.29) is 23.3 Å². The van der Waals surface area contributed by atoms with Gasteiger partial charge in [-0.1, -0.05) is 13.8 Å². The molecule has 2 amide bonds. The molecule has 8 nitrogen and oxygen atoms in total. The van der Waals surface area contributed by atoms with Crippen molar-refractivity contribution in [3.63, 3.8) is 0 Å². The van der Waals surface area contributed by atoms with Crippen molar-refractivity contribution in [1.29, 1.82) is 0 Å². The van der Waals surface area contributed by atoms with E-state index in [1.54, 1.807) is 0 Å². The van der Waals surface area contributed by atoms with Crippen LogP contribution in [0.5, 0.6) is 0 Å². The molecule has 24 heavy (non-hydrogen) atoms. The number of carboxylic acid groups (broad SMARTS) is 1. The Kier molecular flexibility index (Phi) is 5.76. The van der Waals surface area contributed by atoms with Crippen molar-refractivity contribution in [2.45, 2.75) is 32.9 Å². The maximum Gasteiger partial charge on any atom is 0.356 e. The highest BCUT2D eigenvalue weighted by molar-refractivity contribution is 7.99. The van der Waals surface area contributed by atoms with Crippen LogP contribution in [0.4, 0.5) is 0 Å². The lowest BCUT2D eigenvalue weighted by atomic mass is 10.1. The monoisotopic (exact) mass is 352 g/mol. The molecule has 2 heterocycles. The zero-order valence-corrected chi connectivity index (χ0v) is 14.5. The van der Waals surface area contributed by atoms with Gasteiger partial charge in [-0.15, -0.1) is 11.8 Å². The molecule has 0 saturated carbocycles. The predicted molar refractivity (Wildman–Crippen MR) is 88.7 cm³/mol. The molecule has 2 N–H and O–H groups in total. The molecule has 2 rings (SSSR count). The van der Waals surface area contributed by atoms with Gasteiger partial charge in [0, 0.05) is 11.8 Å². The second-order valence-corrected chi connectivity index (χ2v) is 6.92. The van der Waals surface area contributed by atoms with Crippen LogP contribution in [0.15, 0.2) is 12.4 Å². The first-order chi connectivity index (χ1) is 11.3. The van der Waals surface area contributed by atoms with E-state index in [0.29, 0.717) is 17.5 Å². The average molecular weight is 352 g/mol. The van der Waals surface area contributed by atoms with Crippen LogP contribution in [0.3, 0.4) is 0 Å². The smallest absolute Gasteiger partial charge is 0.356 e. The average Bonchev–Trinajstić information content (AvgIpc) is 3.03. The number of amides is 2. The fourth-order valence-corrected chi connectivity index (χ4v) is 3.20. The summed E-state index contributed by atoms with van der Waals surface area (Å²) in [6.07, 6.45) is 2.16. The standard InChI is InChI=1S/C15H20N4O4S/c1-8(2)9(3)18-13(20)12-6-24-7-19(12)14(21)10-4-17-11(5-16-10)15(22)23/h4-5,8-9,12H,6-7H2,1-3H3,(H,18,20)(H,22,23). The molecule has 1 fully saturated rings. The molecule has 1 aromatic rings. The fourth-order valence-electron chi connectivity index (χ4n) is 2.04. The molecule has 1 aliphatic rings. The van der Waals surface area contributed by atoms with Gasteiger partial charge in [-0.05, 0) is 12.8 Å². The lowest BCUT2D eigenvalue weighted by Crippen LogP contribution is -2.50. The molecular formula is C15H20N4O4S. The number of hydrogen-bond donors (Lipinski definition) is 2. The molecule has 0 aromatic carbocycles. The van der Waals surface area contributed by atoms with E-state index in [2.05, 4.69) is 15.3 Å². The summed E-state index contributed by atoms with van der Waals surface area (Å²) in [6, 6.07) is -0.556. The number of nitrogens with zero attached hydrogens (tertiary/aromatic N) is 3. The molecule has 1 aromatic heterocycles. The molecule has 9 heteroatoms. The van der Waals surface area contributed by atoms with E-state index >= 15 is 0 Å². The molecule has 0 radical (unpaired) electrons. The minimum atomic E-state index is -1.21. The Balaban J connectivity index is 2.10. The number of carbonyl (C=O) groups is 3. The Hall–Kier alpha value is -2.16. The van der Waals surface area contributed by atoms with Gasteiger partial charge in [0.05, 0.1) is 18.3 Å². The number of rotatable bonds is 5. The van der Waals surface area contributed by atoms with Gasteiger partial charge in [0.15, 0.2) is 5.69 Å². The first-order valence-corrected chi connectivity index (χ1v) is 8.71.